The summed E-state index contributed by atoms with van der Waals surface area (Å²) in [4.78, 5) is 4.46. The Balaban J connectivity index is 1.67. The van der Waals surface area contributed by atoms with Crippen LogP contribution in [0.1, 0.15) is 25.2 Å². The molecule has 2 aromatic rings. The summed E-state index contributed by atoms with van der Waals surface area (Å²) in [6.45, 7) is 2.78. The van der Waals surface area contributed by atoms with Crippen molar-refractivity contribution in [3.63, 3.8) is 0 Å². The van der Waals surface area contributed by atoms with E-state index in [0.717, 1.165) is 24.8 Å². The van der Waals surface area contributed by atoms with Gasteiger partial charge in [-0.2, -0.15) is 0 Å². The second-order valence-electron chi connectivity index (χ2n) is 5.62. The lowest BCUT2D eigenvalue weighted by molar-refractivity contribution is 0.0200. The summed E-state index contributed by atoms with van der Waals surface area (Å²) in [7, 11) is -3.53. The molecule has 0 saturated carbocycles. The Kier molecular flexibility index (Phi) is 4.79. The number of oxazole rings is 1. The highest BCUT2D eigenvalue weighted by molar-refractivity contribution is 7.89. The zero-order valence-electron chi connectivity index (χ0n) is 13.0. The molecule has 1 saturated heterocycles. The zero-order valence-corrected chi connectivity index (χ0v) is 13.8. The van der Waals surface area contributed by atoms with Crippen molar-refractivity contribution in [2.45, 2.75) is 37.2 Å². The van der Waals surface area contributed by atoms with E-state index in [2.05, 4.69) is 9.71 Å². The molecule has 1 fully saturated rings. The Morgan fingerprint density at radius 2 is 2.04 bits per heavy atom. The number of sulfonamides is 1. The van der Waals surface area contributed by atoms with E-state index in [4.69, 9.17) is 9.15 Å². The topological polar surface area (TPSA) is 81.4 Å². The number of hydrogen-bond donors (Lipinski definition) is 1. The summed E-state index contributed by atoms with van der Waals surface area (Å²) >= 11 is 0. The summed E-state index contributed by atoms with van der Waals surface area (Å²) in [5.74, 6) is 0.575. The quantitative estimate of drug-likeness (QED) is 0.907. The minimum Gasteiger partial charge on any atom is -0.449 e. The maximum absolute atomic E-state index is 12.3. The van der Waals surface area contributed by atoms with Gasteiger partial charge in [0.25, 0.3) is 0 Å². The lowest BCUT2D eigenvalue weighted by Gasteiger charge is -2.22. The molecule has 0 unspecified atom stereocenters. The highest BCUT2D eigenvalue weighted by atomic mass is 32.2. The molecule has 1 aliphatic heterocycles. The van der Waals surface area contributed by atoms with Gasteiger partial charge in [0.15, 0.2) is 5.89 Å². The second-order valence-corrected chi connectivity index (χ2v) is 7.38. The average Bonchev–Trinajstić information content (AvgIpc) is 3.01. The maximum atomic E-state index is 12.3. The molecule has 1 aromatic carbocycles. The predicted molar refractivity (Wildman–Crippen MR) is 85.5 cm³/mol. The number of ether oxygens (including phenoxy) is 1. The van der Waals surface area contributed by atoms with Crippen molar-refractivity contribution >= 4 is 10.0 Å². The third kappa shape index (κ3) is 3.99. The van der Waals surface area contributed by atoms with Crippen LogP contribution in [-0.2, 0) is 14.8 Å². The largest absolute Gasteiger partial charge is 0.449 e. The van der Waals surface area contributed by atoms with Crippen LogP contribution in [0.15, 0.2) is 39.8 Å². The van der Waals surface area contributed by atoms with Crippen molar-refractivity contribution in [3.8, 4) is 11.3 Å². The molecular formula is C16H20N2O4S. The van der Waals surface area contributed by atoms with E-state index in [9.17, 15) is 8.42 Å². The fourth-order valence-electron chi connectivity index (χ4n) is 2.56. The van der Waals surface area contributed by atoms with Crippen molar-refractivity contribution in [1.82, 2.24) is 9.71 Å². The predicted octanol–water partition coefficient (Wildman–Crippen LogP) is 2.50. The summed E-state index contributed by atoms with van der Waals surface area (Å²) < 4.78 is 38.0. The molecule has 0 bridgehead atoms. The molecule has 1 N–H and O–H groups in total. The molecule has 124 valence electrons. The van der Waals surface area contributed by atoms with Gasteiger partial charge in [0.2, 0.25) is 10.0 Å². The van der Waals surface area contributed by atoms with Crippen molar-refractivity contribution in [2.24, 2.45) is 0 Å². The fourth-order valence-corrected chi connectivity index (χ4v) is 3.62. The van der Waals surface area contributed by atoms with Gasteiger partial charge in [0, 0.05) is 25.6 Å². The number of benzene rings is 1. The number of rotatable bonds is 5. The van der Waals surface area contributed by atoms with Crippen LogP contribution in [0.4, 0.5) is 0 Å². The molecule has 0 radical (unpaired) electrons. The first-order chi connectivity index (χ1) is 11.0. The lowest BCUT2D eigenvalue weighted by atomic mass is 10.1. The van der Waals surface area contributed by atoms with Gasteiger partial charge in [0.1, 0.15) is 12.0 Å². The highest BCUT2D eigenvalue weighted by Crippen LogP contribution is 2.21. The molecule has 7 heteroatoms. The Labute approximate surface area is 135 Å². The summed E-state index contributed by atoms with van der Waals surface area (Å²) in [6, 6.07) is 6.60. The van der Waals surface area contributed by atoms with Crippen LogP contribution in [0.3, 0.4) is 0 Å². The third-order valence-corrected chi connectivity index (χ3v) is 5.29. The van der Waals surface area contributed by atoms with Crippen LogP contribution in [-0.4, -0.2) is 32.7 Å². The van der Waals surface area contributed by atoms with Gasteiger partial charge in [-0.25, -0.2) is 18.1 Å². The number of aromatic nitrogens is 1. The SMILES string of the molecule is Cc1nc(-c2ccc(S(=O)(=O)NC[C@H]3CCCCO3)cc2)co1. The van der Waals surface area contributed by atoms with E-state index in [0.29, 0.717) is 24.7 Å². The first-order valence-electron chi connectivity index (χ1n) is 7.68. The smallest absolute Gasteiger partial charge is 0.240 e. The molecule has 1 atom stereocenters. The van der Waals surface area contributed by atoms with Gasteiger partial charge in [-0.15, -0.1) is 0 Å². The van der Waals surface area contributed by atoms with Gasteiger partial charge in [0.05, 0.1) is 11.0 Å². The van der Waals surface area contributed by atoms with E-state index in [1.54, 1.807) is 37.5 Å². The van der Waals surface area contributed by atoms with E-state index >= 15 is 0 Å². The maximum Gasteiger partial charge on any atom is 0.240 e. The van der Waals surface area contributed by atoms with Gasteiger partial charge < -0.3 is 9.15 Å². The van der Waals surface area contributed by atoms with Crippen molar-refractivity contribution in [2.75, 3.05) is 13.2 Å². The summed E-state index contributed by atoms with van der Waals surface area (Å²) in [5.41, 5.74) is 1.51. The van der Waals surface area contributed by atoms with Crippen molar-refractivity contribution in [1.29, 1.82) is 0 Å². The number of aryl methyl sites for hydroxylation is 1. The minimum atomic E-state index is -3.53. The number of nitrogens with one attached hydrogen (secondary N) is 1. The summed E-state index contributed by atoms with van der Waals surface area (Å²) in [6.07, 6.45) is 4.55. The zero-order chi connectivity index (χ0) is 16.3. The number of hydrogen-bond acceptors (Lipinski definition) is 5. The number of nitrogens with zero attached hydrogens (tertiary/aromatic N) is 1. The molecule has 1 aromatic heterocycles. The molecule has 0 spiro atoms. The Bertz CT molecular complexity index is 747. The van der Waals surface area contributed by atoms with E-state index in [1.807, 2.05) is 0 Å². The summed E-state index contributed by atoms with van der Waals surface area (Å²) in [5, 5.41) is 0. The minimum absolute atomic E-state index is 0.0316. The van der Waals surface area contributed by atoms with Crippen LogP contribution < -0.4 is 4.72 Å². The van der Waals surface area contributed by atoms with Gasteiger partial charge >= 0.3 is 0 Å². The normalized spacial score (nSPS) is 18.9. The molecule has 23 heavy (non-hydrogen) atoms. The Morgan fingerprint density at radius 1 is 1.26 bits per heavy atom. The fraction of sp³-hybridized carbons (Fsp3) is 0.438. The van der Waals surface area contributed by atoms with Gasteiger partial charge in [-0.1, -0.05) is 12.1 Å². The standard InChI is InChI=1S/C16H20N2O4S/c1-12-18-16(11-22-12)13-5-7-15(8-6-13)23(19,20)17-10-14-4-2-3-9-21-14/h5-8,11,14,17H,2-4,9-10H2,1H3/t14-/m1/s1. The van der Waals surface area contributed by atoms with Gasteiger partial charge in [-0.05, 0) is 31.4 Å². The third-order valence-electron chi connectivity index (χ3n) is 3.85. The first kappa shape index (κ1) is 16.2. The Hall–Kier alpha value is -1.70. The van der Waals surface area contributed by atoms with E-state index < -0.39 is 10.0 Å². The second kappa shape index (κ2) is 6.82. The molecule has 0 amide bonds. The van der Waals surface area contributed by atoms with Crippen molar-refractivity contribution in [3.05, 3.63) is 36.4 Å². The van der Waals surface area contributed by atoms with Crippen LogP contribution in [0.2, 0.25) is 0 Å². The van der Waals surface area contributed by atoms with E-state index in [1.165, 1.54) is 0 Å². The van der Waals surface area contributed by atoms with E-state index in [-0.39, 0.29) is 11.0 Å². The molecule has 3 rings (SSSR count). The molecule has 0 aliphatic carbocycles. The van der Waals surface area contributed by atoms with Crippen LogP contribution in [0.25, 0.3) is 11.3 Å². The first-order valence-corrected chi connectivity index (χ1v) is 9.17. The van der Waals surface area contributed by atoms with Crippen LogP contribution in [0, 0.1) is 6.92 Å². The Morgan fingerprint density at radius 3 is 2.65 bits per heavy atom. The molecule has 2 heterocycles. The molecule has 6 nitrogen and oxygen atoms in total. The molecular weight excluding hydrogens is 316 g/mol. The van der Waals surface area contributed by atoms with Crippen molar-refractivity contribution < 1.29 is 17.6 Å². The lowest BCUT2D eigenvalue weighted by Crippen LogP contribution is -2.35. The average molecular weight is 336 g/mol. The monoisotopic (exact) mass is 336 g/mol. The molecule has 1 aliphatic rings. The highest BCUT2D eigenvalue weighted by Gasteiger charge is 2.19. The van der Waals surface area contributed by atoms with Crippen LogP contribution >= 0.6 is 0 Å². The van der Waals surface area contributed by atoms with Gasteiger partial charge in [-0.3, -0.25) is 0 Å². The van der Waals surface area contributed by atoms with Crippen LogP contribution in [0.5, 0.6) is 0 Å².